The summed E-state index contributed by atoms with van der Waals surface area (Å²) in [6, 6.07) is 0. The van der Waals surface area contributed by atoms with Crippen LogP contribution in [0.3, 0.4) is 0 Å². The van der Waals surface area contributed by atoms with E-state index in [0.717, 1.165) is 12.3 Å². The molecule has 1 atom stereocenters. The second-order valence-corrected chi connectivity index (χ2v) is 2.26. The van der Waals surface area contributed by atoms with Gasteiger partial charge in [0.25, 0.3) is 0 Å². The van der Waals surface area contributed by atoms with Crippen molar-refractivity contribution in [3.63, 3.8) is 0 Å². The first-order valence-electron chi connectivity index (χ1n) is 3.39. The first kappa shape index (κ1) is 8.47. The zero-order valence-corrected chi connectivity index (χ0v) is 6.26. The molecule has 0 aromatic rings. The van der Waals surface area contributed by atoms with Crippen LogP contribution in [0.2, 0.25) is 0 Å². The van der Waals surface area contributed by atoms with Gasteiger partial charge in [-0.15, -0.1) is 5.16 Å². The molecule has 54 valence electrons. The Morgan fingerprint density at radius 2 is 2.33 bits per heavy atom. The topological polar surface area (TPSA) is 21.6 Å². The summed E-state index contributed by atoms with van der Waals surface area (Å²) in [5, 5.41) is 3.29. The first-order valence-corrected chi connectivity index (χ1v) is 3.39. The predicted molar refractivity (Wildman–Crippen MR) is 39.6 cm³/mol. The highest BCUT2D eigenvalue weighted by Crippen LogP contribution is 2.05. The van der Waals surface area contributed by atoms with Crippen molar-refractivity contribution in [2.45, 2.75) is 26.7 Å². The van der Waals surface area contributed by atoms with Crippen molar-refractivity contribution < 1.29 is 4.84 Å². The molecule has 0 bridgehead atoms. The second kappa shape index (κ2) is 5.60. The lowest BCUT2D eigenvalue weighted by atomic mass is 10.1. The quantitative estimate of drug-likeness (QED) is 0.316. The van der Waals surface area contributed by atoms with Gasteiger partial charge in [0.05, 0.1) is 0 Å². The highest BCUT2D eigenvalue weighted by Gasteiger charge is 1.96. The average molecular weight is 129 g/mol. The van der Waals surface area contributed by atoms with Gasteiger partial charge in [-0.05, 0) is 12.3 Å². The van der Waals surface area contributed by atoms with E-state index in [-0.39, 0.29) is 0 Å². The molecule has 0 aliphatic carbocycles. The van der Waals surface area contributed by atoms with Crippen LogP contribution in [0.15, 0.2) is 5.16 Å². The summed E-state index contributed by atoms with van der Waals surface area (Å²) in [4.78, 5) is 4.72. The van der Waals surface area contributed by atoms with Crippen LogP contribution in [-0.4, -0.2) is 13.3 Å². The fourth-order valence-corrected chi connectivity index (χ4v) is 0.523. The third-order valence-electron chi connectivity index (χ3n) is 1.49. The molecule has 0 aromatic heterocycles. The van der Waals surface area contributed by atoms with E-state index in [0.29, 0.717) is 6.61 Å². The smallest absolute Gasteiger partial charge is 0.117 e. The average Bonchev–Trinajstić information content (AvgIpc) is 1.89. The molecule has 0 aliphatic rings. The largest absolute Gasteiger partial charge is 0.396 e. The van der Waals surface area contributed by atoms with Gasteiger partial charge in [-0.25, -0.2) is 0 Å². The van der Waals surface area contributed by atoms with E-state index in [4.69, 9.17) is 4.84 Å². The van der Waals surface area contributed by atoms with Gasteiger partial charge in [-0.3, -0.25) is 0 Å². The number of nitrogens with zero attached hydrogens (tertiary/aromatic N) is 1. The minimum Gasteiger partial charge on any atom is -0.396 e. The molecule has 0 rings (SSSR count). The Bertz CT molecular complexity index is 73.3. The second-order valence-electron chi connectivity index (χ2n) is 2.26. The third kappa shape index (κ3) is 5.34. The summed E-state index contributed by atoms with van der Waals surface area (Å²) in [5.74, 6) is 0.742. The minimum absolute atomic E-state index is 0.707. The Balaban J connectivity index is 2.96. The SMILES string of the molecule is C=NOCCC(C)CC. The molecule has 0 N–H and O–H groups in total. The minimum atomic E-state index is 0.707. The van der Waals surface area contributed by atoms with E-state index in [9.17, 15) is 0 Å². The van der Waals surface area contributed by atoms with Gasteiger partial charge in [0, 0.05) is 6.72 Å². The molecule has 0 spiro atoms. The molecule has 2 nitrogen and oxygen atoms in total. The molecule has 0 radical (unpaired) electrons. The van der Waals surface area contributed by atoms with E-state index >= 15 is 0 Å². The highest BCUT2D eigenvalue weighted by molar-refractivity contribution is 5.21. The Morgan fingerprint density at radius 1 is 1.67 bits per heavy atom. The van der Waals surface area contributed by atoms with Crippen LogP contribution in [0.25, 0.3) is 0 Å². The Kier molecular flexibility index (Phi) is 5.27. The monoisotopic (exact) mass is 129 g/mol. The number of oxime groups is 1. The zero-order valence-electron chi connectivity index (χ0n) is 6.26. The van der Waals surface area contributed by atoms with E-state index in [2.05, 4.69) is 25.7 Å². The molecule has 0 heterocycles. The molecule has 9 heavy (non-hydrogen) atoms. The van der Waals surface area contributed by atoms with Crippen LogP contribution in [0, 0.1) is 5.92 Å². The van der Waals surface area contributed by atoms with Crippen LogP contribution in [-0.2, 0) is 4.84 Å². The van der Waals surface area contributed by atoms with Crippen molar-refractivity contribution in [1.29, 1.82) is 0 Å². The Hall–Kier alpha value is -0.530. The molecule has 0 aliphatic heterocycles. The third-order valence-corrected chi connectivity index (χ3v) is 1.49. The summed E-state index contributed by atoms with van der Waals surface area (Å²) in [6.07, 6.45) is 2.29. The fourth-order valence-electron chi connectivity index (χ4n) is 0.523. The highest BCUT2D eigenvalue weighted by atomic mass is 16.6. The number of hydrogen-bond donors (Lipinski definition) is 0. The van der Waals surface area contributed by atoms with Gasteiger partial charge in [-0.1, -0.05) is 20.3 Å². The lowest BCUT2D eigenvalue weighted by Gasteiger charge is -2.04. The number of rotatable bonds is 5. The Labute approximate surface area is 56.9 Å². The van der Waals surface area contributed by atoms with Crippen LogP contribution in [0.5, 0.6) is 0 Å². The fraction of sp³-hybridized carbons (Fsp3) is 0.857. The van der Waals surface area contributed by atoms with Crippen molar-refractivity contribution in [2.24, 2.45) is 11.1 Å². The van der Waals surface area contributed by atoms with E-state index in [1.807, 2.05) is 0 Å². The lowest BCUT2D eigenvalue weighted by Crippen LogP contribution is -1.96. The van der Waals surface area contributed by atoms with Crippen LogP contribution in [0.1, 0.15) is 26.7 Å². The van der Waals surface area contributed by atoms with E-state index in [1.54, 1.807) is 0 Å². The van der Waals surface area contributed by atoms with Gasteiger partial charge in [0.1, 0.15) is 6.61 Å². The molecule has 1 unspecified atom stereocenters. The molecule has 0 fully saturated rings. The van der Waals surface area contributed by atoms with Crippen molar-refractivity contribution in [1.82, 2.24) is 0 Å². The van der Waals surface area contributed by atoms with E-state index in [1.165, 1.54) is 6.42 Å². The molecular formula is C7H15NO. The van der Waals surface area contributed by atoms with Crippen LogP contribution in [0.4, 0.5) is 0 Å². The normalized spacial score (nSPS) is 12.7. The summed E-state index contributed by atoms with van der Waals surface area (Å²) in [7, 11) is 0. The summed E-state index contributed by atoms with van der Waals surface area (Å²) in [5.41, 5.74) is 0. The Morgan fingerprint density at radius 3 is 2.78 bits per heavy atom. The van der Waals surface area contributed by atoms with Gasteiger partial charge >= 0.3 is 0 Å². The maximum Gasteiger partial charge on any atom is 0.117 e. The maximum absolute atomic E-state index is 4.72. The van der Waals surface area contributed by atoms with Crippen LogP contribution >= 0.6 is 0 Å². The van der Waals surface area contributed by atoms with Gasteiger partial charge < -0.3 is 4.84 Å². The van der Waals surface area contributed by atoms with Crippen molar-refractivity contribution in [2.75, 3.05) is 6.61 Å². The summed E-state index contributed by atoms with van der Waals surface area (Å²) < 4.78 is 0. The zero-order chi connectivity index (χ0) is 7.11. The molecule has 0 aromatic carbocycles. The van der Waals surface area contributed by atoms with Gasteiger partial charge in [0.15, 0.2) is 0 Å². The number of hydrogen-bond acceptors (Lipinski definition) is 2. The maximum atomic E-state index is 4.72. The molecule has 0 amide bonds. The summed E-state index contributed by atoms with van der Waals surface area (Å²) in [6.45, 7) is 8.29. The molecule has 0 saturated carbocycles. The molecule has 2 heteroatoms. The molecular weight excluding hydrogens is 114 g/mol. The first-order chi connectivity index (χ1) is 4.31. The molecule has 0 saturated heterocycles. The standard InChI is InChI=1S/C7H15NO/c1-4-7(2)5-6-9-8-3/h7H,3-6H2,1-2H3. The predicted octanol–water partition coefficient (Wildman–Crippen LogP) is 2.05. The van der Waals surface area contributed by atoms with Crippen molar-refractivity contribution in [3.05, 3.63) is 0 Å². The van der Waals surface area contributed by atoms with E-state index < -0.39 is 0 Å². The van der Waals surface area contributed by atoms with Crippen molar-refractivity contribution in [3.8, 4) is 0 Å². The van der Waals surface area contributed by atoms with Gasteiger partial charge in [0.2, 0.25) is 0 Å². The van der Waals surface area contributed by atoms with Gasteiger partial charge in [-0.2, -0.15) is 0 Å². The van der Waals surface area contributed by atoms with Crippen molar-refractivity contribution >= 4 is 6.72 Å². The summed E-state index contributed by atoms with van der Waals surface area (Å²) >= 11 is 0. The lowest BCUT2D eigenvalue weighted by molar-refractivity contribution is 0.132. The van der Waals surface area contributed by atoms with Crippen LogP contribution < -0.4 is 0 Å².